The number of benzene rings is 2. The van der Waals surface area contributed by atoms with Crippen LogP contribution in [0, 0.1) is 0 Å². The number of aromatic hydroxyl groups is 2. The van der Waals surface area contributed by atoms with Crippen molar-refractivity contribution in [1.29, 1.82) is 0 Å². The second-order valence-corrected chi connectivity index (χ2v) is 6.85. The highest BCUT2D eigenvalue weighted by molar-refractivity contribution is 7.14. The zero-order valence-electron chi connectivity index (χ0n) is 13.0. The van der Waals surface area contributed by atoms with E-state index in [9.17, 15) is 10.2 Å². The minimum Gasteiger partial charge on any atom is -0.508 e. The monoisotopic (exact) mass is 393 g/mol. The summed E-state index contributed by atoms with van der Waals surface area (Å²) in [6, 6.07) is 9.66. The molecule has 0 amide bonds. The summed E-state index contributed by atoms with van der Waals surface area (Å²) in [5, 5.41) is 26.8. The van der Waals surface area contributed by atoms with Crippen molar-refractivity contribution in [2.45, 2.75) is 6.92 Å². The topological polar surface area (TPSA) is 77.7 Å². The lowest BCUT2D eigenvalue weighted by molar-refractivity contribution is 0.450. The van der Waals surface area contributed by atoms with Crippen LogP contribution < -0.4 is 5.43 Å². The van der Waals surface area contributed by atoms with E-state index in [-0.39, 0.29) is 11.5 Å². The van der Waals surface area contributed by atoms with Crippen molar-refractivity contribution in [3.05, 3.63) is 57.4 Å². The summed E-state index contributed by atoms with van der Waals surface area (Å²) >= 11 is 13.3. The predicted octanol–water partition coefficient (Wildman–Crippen LogP) is 5.36. The van der Waals surface area contributed by atoms with Crippen molar-refractivity contribution in [3.8, 4) is 22.8 Å². The Labute approximate surface area is 158 Å². The van der Waals surface area contributed by atoms with E-state index in [4.69, 9.17) is 23.2 Å². The largest absolute Gasteiger partial charge is 0.508 e. The van der Waals surface area contributed by atoms with Crippen molar-refractivity contribution in [2.75, 3.05) is 5.43 Å². The first kappa shape index (κ1) is 17.5. The molecular formula is C17H13Cl2N3O2S. The van der Waals surface area contributed by atoms with Crippen LogP contribution in [0.2, 0.25) is 10.0 Å². The van der Waals surface area contributed by atoms with Crippen molar-refractivity contribution < 1.29 is 10.2 Å². The molecule has 2 aromatic carbocycles. The zero-order valence-corrected chi connectivity index (χ0v) is 15.3. The van der Waals surface area contributed by atoms with Gasteiger partial charge in [-0.2, -0.15) is 5.10 Å². The molecule has 3 rings (SSSR count). The van der Waals surface area contributed by atoms with E-state index in [1.54, 1.807) is 25.1 Å². The fourth-order valence-electron chi connectivity index (χ4n) is 2.13. The molecule has 0 aliphatic heterocycles. The second-order valence-electron chi connectivity index (χ2n) is 5.18. The Balaban J connectivity index is 1.78. The maximum Gasteiger partial charge on any atom is 0.203 e. The SMILES string of the molecule is C/C(=N/Nc1nc(-c2ccc(Cl)c(Cl)c2)cs1)c1ccc(O)cc1O. The minimum absolute atomic E-state index is 0.00630. The number of hydrogen-bond donors (Lipinski definition) is 3. The third-order valence-electron chi connectivity index (χ3n) is 3.41. The summed E-state index contributed by atoms with van der Waals surface area (Å²) in [5.74, 6) is -0.0492. The molecule has 3 aromatic rings. The van der Waals surface area contributed by atoms with Crippen LogP contribution in [0.25, 0.3) is 11.3 Å². The van der Waals surface area contributed by atoms with Gasteiger partial charge < -0.3 is 10.2 Å². The first-order chi connectivity index (χ1) is 11.9. The summed E-state index contributed by atoms with van der Waals surface area (Å²) in [7, 11) is 0. The highest BCUT2D eigenvalue weighted by Crippen LogP contribution is 2.30. The number of rotatable bonds is 4. The minimum atomic E-state index is -0.0429. The van der Waals surface area contributed by atoms with Gasteiger partial charge in [-0.1, -0.05) is 29.3 Å². The lowest BCUT2D eigenvalue weighted by Gasteiger charge is -2.04. The van der Waals surface area contributed by atoms with E-state index in [2.05, 4.69) is 15.5 Å². The van der Waals surface area contributed by atoms with Crippen molar-refractivity contribution in [2.24, 2.45) is 5.10 Å². The average Bonchev–Trinajstić information content (AvgIpc) is 3.04. The van der Waals surface area contributed by atoms with Gasteiger partial charge in [0.1, 0.15) is 11.5 Å². The molecule has 0 aliphatic rings. The molecule has 3 N–H and O–H groups in total. The number of nitrogens with zero attached hydrogens (tertiary/aromatic N) is 2. The van der Waals surface area contributed by atoms with E-state index in [1.165, 1.54) is 23.5 Å². The number of halogens is 2. The third-order valence-corrected chi connectivity index (χ3v) is 4.90. The van der Waals surface area contributed by atoms with E-state index in [0.717, 1.165) is 11.3 Å². The second kappa shape index (κ2) is 7.31. The highest BCUT2D eigenvalue weighted by atomic mass is 35.5. The van der Waals surface area contributed by atoms with Gasteiger partial charge in [-0.25, -0.2) is 4.98 Å². The molecule has 0 saturated carbocycles. The predicted molar refractivity (Wildman–Crippen MR) is 103 cm³/mol. The first-order valence-electron chi connectivity index (χ1n) is 7.17. The number of hydrazone groups is 1. The summed E-state index contributed by atoms with van der Waals surface area (Å²) in [5.41, 5.74) is 5.56. The summed E-state index contributed by atoms with van der Waals surface area (Å²) in [6.45, 7) is 1.74. The molecule has 8 heteroatoms. The number of phenolic OH excluding ortho intramolecular Hbond substituents is 2. The molecule has 0 saturated heterocycles. The molecule has 128 valence electrons. The molecule has 0 aliphatic carbocycles. The maximum absolute atomic E-state index is 9.86. The zero-order chi connectivity index (χ0) is 18.0. The molecule has 1 heterocycles. The number of thiazole rings is 1. The molecule has 25 heavy (non-hydrogen) atoms. The number of anilines is 1. The van der Waals surface area contributed by atoms with Crippen molar-refractivity contribution >= 4 is 45.4 Å². The molecule has 0 unspecified atom stereocenters. The van der Waals surface area contributed by atoms with Gasteiger partial charge in [0, 0.05) is 22.6 Å². The molecule has 0 bridgehead atoms. The van der Waals surface area contributed by atoms with Crippen LogP contribution in [0.3, 0.4) is 0 Å². The summed E-state index contributed by atoms with van der Waals surface area (Å²) in [4.78, 5) is 4.45. The molecule has 0 atom stereocenters. The quantitative estimate of drug-likeness (QED) is 0.411. The fraction of sp³-hybridized carbons (Fsp3) is 0.0588. The molecule has 5 nitrogen and oxygen atoms in total. The highest BCUT2D eigenvalue weighted by Gasteiger charge is 2.08. The lowest BCUT2D eigenvalue weighted by atomic mass is 10.1. The van der Waals surface area contributed by atoms with E-state index >= 15 is 0 Å². The normalized spacial score (nSPS) is 11.6. The third kappa shape index (κ3) is 4.04. The van der Waals surface area contributed by atoms with Gasteiger partial charge in [-0.15, -0.1) is 11.3 Å². The smallest absolute Gasteiger partial charge is 0.203 e. The van der Waals surface area contributed by atoms with Gasteiger partial charge in [-0.05, 0) is 31.2 Å². The number of nitrogens with one attached hydrogen (secondary N) is 1. The van der Waals surface area contributed by atoms with Gasteiger partial charge in [0.25, 0.3) is 0 Å². The van der Waals surface area contributed by atoms with Crippen molar-refractivity contribution in [1.82, 2.24) is 4.98 Å². The average molecular weight is 394 g/mol. The Morgan fingerprint density at radius 2 is 1.92 bits per heavy atom. The maximum atomic E-state index is 9.86. The Morgan fingerprint density at radius 1 is 1.12 bits per heavy atom. The standard InChI is InChI=1S/C17H13Cl2N3O2S/c1-9(12-4-3-11(23)7-16(12)24)21-22-17-20-15(8-25-17)10-2-5-13(18)14(19)6-10/h2-8,23-24H,1H3,(H,20,22)/b21-9-. The van der Waals surface area contributed by atoms with Gasteiger partial charge in [0.05, 0.1) is 21.5 Å². The van der Waals surface area contributed by atoms with Crippen LogP contribution in [-0.2, 0) is 0 Å². The Morgan fingerprint density at radius 3 is 2.64 bits per heavy atom. The molecular weight excluding hydrogens is 381 g/mol. The number of hydrogen-bond acceptors (Lipinski definition) is 6. The molecule has 0 fully saturated rings. The van der Waals surface area contributed by atoms with Gasteiger partial charge in [-0.3, -0.25) is 5.43 Å². The Bertz CT molecular complexity index is 957. The van der Waals surface area contributed by atoms with E-state index in [1.807, 2.05) is 11.4 Å². The van der Waals surface area contributed by atoms with E-state index < -0.39 is 0 Å². The van der Waals surface area contributed by atoms with Crippen LogP contribution in [0.5, 0.6) is 11.5 Å². The van der Waals surface area contributed by atoms with Crippen LogP contribution in [0.15, 0.2) is 46.9 Å². The fourth-order valence-corrected chi connectivity index (χ4v) is 3.09. The van der Waals surface area contributed by atoms with Crippen LogP contribution >= 0.6 is 34.5 Å². The van der Waals surface area contributed by atoms with Crippen LogP contribution in [-0.4, -0.2) is 20.9 Å². The van der Waals surface area contributed by atoms with Crippen LogP contribution in [0.1, 0.15) is 12.5 Å². The molecule has 0 spiro atoms. The van der Waals surface area contributed by atoms with Gasteiger partial charge >= 0.3 is 0 Å². The number of aromatic nitrogens is 1. The Hall–Kier alpha value is -2.28. The summed E-state index contributed by atoms with van der Waals surface area (Å²) < 4.78 is 0. The molecule has 0 radical (unpaired) electrons. The van der Waals surface area contributed by atoms with E-state index in [0.29, 0.717) is 26.5 Å². The summed E-state index contributed by atoms with van der Waals surface area (Å²) in [6.07, 6.45) is 0. The van der Waals surface area contributed by atoms with Crippen molar-refractivity contribution in [3.63, 3.8) is 0 Å². The van der Waals surface area contributed by atoms with Crippen LogP contribution in [0.4, 0.5) is 5.13 Å². The molecule has 1 aromatic heterocycles. The van der Waals surface area contributed by atoms with Gasteiger partial charge in [0.2, 0.25) is 5.13 Å². The number of phenols is 2. The lowest BCUT2D eigenvalue weighted by Crippen LogP contribution is -2.00. The first-order valence-corrected chi connectivity index (χ1v) is 8.81. The Kier molecular flexibility index (Phi) is 5.13. The van der Waals surface area contributed by atoms with Gasteiger partial charge in [0.15, 0.2) is 0 Å².